The van der Waals surface area contributed by atoms with Crippen LogP contribution >= 0.6 is 0 Å². The molecule has 1 aromatic rings. The highest BCUT2D eigenvalue weighted by Crippen LogP contribution is 2.37. The first kappa shape index (κ1) is 14.4. The molecule has 0 bridgehead atoms. The number of carbonyl (C=O) groups excluding carboxylic acids is 1. The van der Waals surface area contributed by atoms with Crippen molar-refractivity contribution >= 4 is 5.78 Å². The Balaban J connectivity index is 2.38. The van der Waals surface area contributed by atoms with Gasteiger partial charge in [-0.3, -0.25) is 4.79 Å². The van der Waals surface area contributed by atoms with Crippen LogP contribution in [0.5, 0.6) is 0 Å². The zero-order valence-electron chi connectivity index (χ0n) is 13.0. The lowest BCUT2D eigenvalue weighted by molar-refractivity contribution is 0.0908. The van der Waals surface area contributed by atoms with E-state index in [0.29, 0.717) is 24.2 Å². The summed E-state index contributed by atoms with van der Waals surface area (Å²) in [6.07, 6.45) is 6.23. The molecule has 1 unspecified atom stereocenters. The largest absolute Gasteiger partial charge is 0.348 e. The van der Waals surface area contributed by atoms with Gasteiger partial charge in [0.1, 0.15) is 0 Å². The van der Waals surface area contributed by atoms with Crippen molar-refractivity contribution in [1.29, 1.82) is 0 Å². The fraction of sp³-hybridized carbons (Fsp3) is 0.706. The lowest BCUT2D eigenvalue weighted by Crippen LogP contribution is -2.29. The third-order valence-electron chi connectivity index (χ3n) is 4.78. The van der Waals surface area contributed by atoms with E-state index in [4.69, 9.17) is 0 Å². The molecule has 0 saturated heterocycles. The Morgan fingerprint density at radius 1 is 1.26 bits per heavy atom. The lowest BCUT2D eigenvalue weighted by Gasteiger charge is -2.32. The molecule has 2 rings (SSSR count). The van der Waals surface area contributed by atoms with Crippen LogP contribution in [0, 0.1) is 11.3 Å². The third-order valence-corrected chi connectivity index (χ3v) is 4.78. The van der Waals surface area contributed by atoms with E-state index in [0.717, 1.165) is 12.0 Å². The molecule has 1 heterocycles. The van der Waals surface area contributed by atoms with Crippen LogP contribution in [0.2, 0.25) is 0 Å². The quantitative estimate of drug-likeness (QED) is 0.774. The summed E-state index contributed by atoms with van der Waals surface area (Å²) in [6, 6.07) is 2.52. The molecule has 1 aliphatic carbocycles. The number of Topliss-reactive ketones (excluding diaryl/α,β-unsaturated/α-hetero) is 1. The Morgan fingerprint density at radius 3 is 2.47 bits per heavy atom. The van der Waals surface area contributed by atoms with E-state index >= 15 is 0 Å². The predicted molar refractivity (Wildman–Crippen MR) is 79.6 cm³/mol. The maximum Gasteiger partial charge on any atom is 0.165 e. The Morgan fingerprint density at radius 2 is 1.89 bits per heavy atom. The summed E-state index contributed by atoms with van der Waals surface area (Å²) in [6.45, 7) is 11.2. The molecule has 1 aliphatic rings. The van der Waals surface area contributed by atoms with Gasteiger partial charge in [-0.25, -0.2) is 0 Å². The molecule has 0 aromatic carbocycles. The highest BCUT2D eigenvalue weighted by Gasteiger charge is 2.34. The molecule has 19 heavy (non-hydrogen) atoms. The zero-order valence-corrected chi connectivity index (χ0v) is 13.0. The molecule has 0 N–H and O–H groups in total. The van der Waals surface area contributed by atoms with Gasteiger partial charge in [0.05, 0.1) is 0 Å². The number of hydrogen-bond donors (Lipinski definition) is 0. The van der Waals surface area contributed by atoms with E-state index in [2.05, 4.69) is 45.4 Å². The molecule has 2 nitrogen and oxygen atoms in total. The van der Waals surface area contributed by atoms with Gasteiger partial charge in [0, 0.05) is 29.9 Å². The topological polar surface area (TPSA) is 22.0 Å². The summed E-state index contributed by atoms with van der Waals surface area (Å²) >= 11 is 0. The number of nitrogens with zero attached hydrogens (tertiary/aromatic N) is 1. The van der Waals surface area contributed by atoms with Crippen LogP contribution in [0.15, 0.2) is 12.3 Å². The highest BCUT2D eigenvalue weighted by atomic mass is 16.1. The van der Waals surface area contributed by atoms with Crippen molar-refractivity contribution in [2.75, 3.05) is 0 Å². The molecule has 0 spiro atoms. The van der Waals surface area contributed by atoms with Gasteiger partial charge in [-0.15, -0.1) is 0 Å². The van der Waals surface area contributed by atoms with Gasteiger partial charge in [0.25, 0.3) is 0 Å². The highest BCUT2D eigenvalue weighted by molar-refractivity contribution is 5.98. The van der Waals surface area contributed by atoms with E-state index < -0.39 is 0 Å². The third kappa shape index (κ3) is 2.63. The first-order chi connectivity index (χ1) is 8.89. The predicted octanol–water partition coefficient (Wildman–Crippen LogP) is 4.64. The number of carbonyl (C=O) groups is 1. The van der Waals surface area contributed by atoms with Crippen molar-refractivity contribution in [3.05, 3.63) is 23.5 Å². The van der Waals surface area contributed by atoms with Crippen LogP contribution in [0.4, 0.5) is 0 Å². The molecule has 106 valence electrons. The van der Waals surface area contributed by atoms with Crippen molar-refractivity contribution in [3.63, 3.8) is 0 Å². The van der Waals surface area contributed by atoms with Crippen LogP contribution in [-0.4, -0.2) is 10.4 Å². The number of ketones is 1. The number of aromatic nitrogens is 1. The summed E-state index contributed by atoms with van der Waals surface area (Å²) in [5.41, 5.74) is 2.34. The summed E-state index contributed by atoms with van der Waals surface area (Å²) in [5, 5.41) is 0. The second-order valence-electron chi connectivity index (χ2n) is 6.84. The first-order valence-electron chi connectivity index (χ1n) is 7.62. The SMILES string of the molecule is CCC(CC)C(C)n1ccc2c1CC(C)(C)CC2=O. The monoisotopic (exact) mass is 261 g/mol. The molecule has 0 amide bonds. The van der Waals surface area contributed by atoms with Gasteiger partial charge in [-0.05, 0) is 30.7 Å². The van der Waals surface area contributed by atoms with E-state index in [1.807, 2.05) is 6.07 Å². The van der Waals surface area contributed by atoms with Gasteiger partial charge >= 0.3 is 0 Å². The maximum atomic E-state index is 12.2. The number of fused-ring (bicyclic) bond motifs is 1. The Hall–Kier alpha value is -1.05. The van der Waals surface area contributed by atoms with Crippen molar-refractivity contribution < 1.29 is 4.79 Å². The van der Waals surface area contributed by atoms with Gasteiger partial charge in [0.2, 0.25) is 0 Å². The molecule has 1 atom stereocenters. The fourth-order valence-corrected chi connectivity index (χ4v) is 3.55. The smallest absolute Gasteiger partial charge is 0.165 e. The van der Waals surface area contributed by atoms with E-state index in [1.54, 1.807) is 0 Å². The van der Waals surface area contributed by atoms with Crippen LogP contribution < -0.4 is 0 Å². The van der Waals surface area contributed by atoms with Crippen LogP contribution in [0.3, 0.4) is 0 Å². The number of hydrogen-bond acceptors (Lipinski definition) is 1. The zero-order chi connectivity index (χ0) is 14.2. The van der Waals surface area contributed by atoms with Gasteiger partial charge in [0.15, 0.2) is 5.78 Å². The minimum absolute atomic E-state index is 0.105. The van der Waals surface area contributed by atoms with Crippen molar-refractivity contribution in [2.24, 2.45) is 11.3 Å². The Bertz CT molecular complexity index is 466. The lowest BCUT2D eigenvalue weighted by atomic mass is 9.76. The number of rotatable bonds is 4. The van der Waals surface area contributed by atoms with Crippen molar-refractivity contribution in [2.45, 2.75) is 66.3 Å². The molecule has 2 heteroatoms. The van der Waals surface area contributed by atoms with Gasteiger partial charge < -0.3 is 4.57 Å². The van der Waals surface area contributed by atoms with E-state index in [-0.39, 0.29) is 5.41 Å². The molecule has 1 aromatic heterocycles. The van der Waals surface area contributed by atoms with Gasteiger partial charge in [-0.2, -0.15) is 0 Å². The molecule has 0 aliphatic heterocycles. The summed E-state index contributed by atoms with van der Waals surface area (Å²) in [4.78, 5) is 12.2. The summed E-state index contributed by atoms with van der Waals surface area (Å²) in [5.74, 6) is 1.01. The van der Waals surface area contributed by atoms with Gasteiger partial charge in [-0.1, -0.05) is 40.5 Å². The van der Waals surface area contributed by atoms with Crippen LogP contribution in [-0.2, 0) is 6.42 Å². The minimum Gasteiger partial charge on any atom is -0.348 e. The van der Waals surface area contributed by atoms with Crippen LogP contribution in [0.1, 0.15) is 76.0 Å². The minimum atomic E-state index is 0.105. The summed E-state index contributed by atoms with van der Waals surface area (Å²) < 4.78 is 2.37. The first-order valence-corrected chi connectivity index (χ1v) is 7.62. The second kappa shape index (κ2) is 5.15. The summed E-state index contributed by atoms with van der Waals surface area (Å²) in [7, 11) is 0. The molecular formula is C17H27NO. The fourth-order valence-electron chi connectivity index (χ4n) is 3.55. The van der Waals surface area contributed by atoms with Crippen molar-refractivity contribution in [3.8, 4) is 0 Å². The second-order valence-corrected chi connectivity index (χ2v) is 6.84. The Kier molecular flexibility index (Phi) is 3.89. The average molecular weight is 261 g/mol. The van der Waals surface area contributed by atoms with E-state index in [9.17, 15) is 4.79 Å². The molecule has 0 radical (unpaired) electrons. The maximum absolute atomic E-state index is 12.2. The molecule has 0 fully saturated rings. The van der Waals surface area contributed by atoms with Crippen molar-refractivity contribution in [1.82, 2.24) is 4.57 Å². The molecule has 0 saturated carbocycles. The Labute approximate surface area is 117 Å². The van der Waals surface area contributed by atoms with Crippen LogP contribution in [0.25, 0.3) is 0 Å². The molecular weight excluding hydrogens is 234 g/mol. The normalized spacial score (nSPS) is 19.6. The van der Waals surface area contributed by atoms with E-state index in [1.165, 1.54) is 18.5 Å². The standard InChI is InChI=1S/C17H27NO/c1-6-13(7-2)12(3)18-9-8-14-15(18)10-17(4,5)11-16(14)19/h8-9,12-13H,6-7,10-11H2,1-5H3. The average Bonchev–Trinajstić information content (AvgIpc) is 2.72.